The van der Waals surface area contributed by atoms with Crippen molar-refractivity contribution in [3.8, 4) is 0 Å². The molecule has 0 aromatic rings. The van der Waals surface area contributed by atoms with E-state index in [0.717, 1.165) is 12.8 Å². The van der Waals surface area contributed by atoms with Crippen LogP contribution in [0.4, 0.5) is 0 Å². The highest BCUT2D eigenvalue weighted by molar-refractivity contribution is 5.10. The van der Waals surface area contributed by atoms with Gasteiger partial charge in [-0.2, -0.15) is 0 Å². The van der Waals surface area contributed by atoms with Gasteiger partial charge in [0.05, 0.1) is 18.8 Å². The Hall–Kier alpha value is -0.340. The summed E-state index contributed by atoms with van der Waals surface area (Å²) in [4.78, 5) is 0. The van der Waals surface area contributed by atoms with Crippen molar-refractivity contribution in [3.63, 3.8) is 0 Å². The summed E-state index contributed by atoms with van der Waals surface area (Å²) in [7, 11) is 0. The molecule has 0 spiro atoms. The number of aliphatic hydroxyl groups excluding tert-OH is 1. The van der Waals surface area contributed by atoms with E-state index >= 15 is 0 Å². The van der Waals surface area contributed by atoms with Crippen LogP contribution in [0.5, 0.6) is 0 Å². The largest absolute Gasteiger partial charge is 0.386 e. The molecule has 0 aromatic carbocycles. The van der Waals surface area contributed by atoms with Crippen molar-refractivity contribution in [2.24, 2.45) is 0 Å². The molecule has 1 rings (SSSR count). The molecule has 0 amide bonds. The van der Waals surface area contributed by atoms with Crippen molar-refractivity contribution >= 4 is 0 Å². The molecule has 1 N–H and O–H groups in total. The highest BCUT2D eigenvalue weighted by Gasteiger charge is 2.13. The summed E-state index contributed by atoms with van der Waals surface area (Å²) in [5, 5.41) is 9.73. The Balaban J connectivity index is 2.29. The molecule has 0 fully saturated rings. The van der Waals surface area contributed by atoms with E-state index in [9.17, 15) is 5.11 Å². The Morgan fingerprint density at radius 2 is 2.23 bits per heavy atom. The lowest BCUT2D eigenvalue weighted by Gasteiger charge is -2.19. The maximum Gasteiger partial charge on any atom is 0.0983 e. The molecule has 76 valence electrons. The van der Waals surface area contributed by atoms with Gasteiger partial charge in [-0.15, -0.1) is 0 Å². The molecule has 0 saturated heterocycles. The van der Waals surface area contributed by atoms with Crippen LogP contribution >= 0.6 is 0 Å². The van der Waals surface area contributed by atoms with Gasteiger partial charge in [0, 0.05) is 0 Å². The van der Waals surface area contributed by atoms with E-state index in [0.29, 0.717) is 6.61 Å². The normalized spacial score (nSPS) is 20.2. The number of allylic oxidation sites excluding steroid dienone is 1. The quantitative estimate of drug-likeness (QED) is 0.679. The molecule has 2 heteroatoms. The van der Waals surface area contributed by atoms with E-state index in [1.54, 1.807) is 0 Å². The molecule has 1 atom stereocenters. The molecule has 0 aromatic heterocycles. The third-order valence-electron chi connectivity index (χ3n) is 2.34. The van der Waals surface area contributed by atoms with Crippen molar-refractivity contribution in [1.82, 2.24) is 0 Å². The van der Waals surface area contributed by atoms with Crippen molar-refractivity contribution in [2.75, 3.05) is 6.61 Å². The molecule has 0 saturated carbocycles. The molecule has 1 aliphatic rings. The lowest BCUT2D eigenvalue weighted by Crippen LogP contribution is -2.21. The van der Waals surface area contributed by atoms with Crippen molar-refractivity contribution < 1.29 is 9.84 Å². The maximum absolute atomic E-state index is 9.73. The molecule has 13 heavy (non-hydrogen) atoms. The van der Waals surface area contributed by atoms with Gasteiger partial charge >= 0.3 is 0 Å². The predicted octanol–water partition coefficient (Wildman–Crippen LogP) is 2.27. The summed E-state index contributed by atoms with van der Waals surface area (Å²) in [5.74, 6) is 0. The van der Waals surface area contributed by atoms with Crippen LogP contribution in [0.2, 0.25) is 0 Å². The average molecular weight is 184 g/mol. The van der Waals surface area contributed by atoms with Crippen LogP contribution in [-0.4, -0.2) is 23.9 Å². The molecule has 0 heterocycles. The van der Waals surface area contributed by atoms with Gasteiger partial charge in [-0.25, -0.2) is 0 Å². The van der Waals surface area contributed by atoms with Gasteiger partial charge in [-0.3, -0.25) is 0 Å². The van der Waals surface area contributed by atoms with E-state index in [2.05, 4.69) is 6.08 Å². The van der Waals surface area contributed by atoms with E-state index in [1.807, 2.05) is 13.8 Å². The first-order valence-corrected chi connectivity index (χ1v) is 5.18. The van der Waals surface area contributed by atoms with Gasteiger partial charge in [0.2, 0.25) is 0 Å². The van der Waals surface area contributed by atoms with Crippen molar-refractivity contribution in [1.29, 1.82) is 0 Å². The Labute approximate surface area is 80.6 Å². The first-order valence-electron chi connectivity index (χ1n) is 5.18. The van der Waals surface area contributed by atoms with E-state index in [4.69, 9.17) is 4.74 Å². The van der Waals surface area contributed by atoms with Crippen LogP contribution in [0.15, 0.2) is 11.6 Å². The predicted molar refractivity (Wildman–Crippen MR) is 53.6 cm³/mol. The van der Waals surface area contributed by atoms with Crippen LogP contribution in [-0.2, 0) is 4.74 Å². The first-order chi connectivity index (χ1) is 6.20. The third kappa shape index (κ3) is 3.92. The highest BCUT2D eigenvalue weighted by atomic mass is 16.5. The summed E-state index contributed by atoms with van der Waals surface area (Å²) in [6, 6.07) is 0. The number of ether oxygens (including phenoxy) is 1. The lowest BCUT2D eigenvalue weighted by atomic mass is 9.96. The molecule has 0 aliphatic heterocycles. The maximum atomic E-state index is 9.73. The second kappa shape index (κ2) is 5.40. The van der Waals surface area contributed by atoms with Crippen molar-refractivity contribution in [3.05, 3.63) is 11.6 Å². The fourth-order valence-electron chi connectivity index (χ4n) is 1.56. The van der Waals surface area contributed by atoms with Gasteiger partial charge in [0.15, 0.2) is 0 Å². The van der Waals surface area contributed by atoms with Crippen LogP contribution in [0.1, 0.15) is 39.5 Å². The van der Waals surface area contributed by atoms with Crippen LogP contribution in [0.25, 0.3) is 0 Å². The fraction of sp³-hybridized carbons (Fsp3) is 0.818. The summed E-state index contributed by atoms with van der Waals surface area (Å²) in [6.07, 6.45) is 6.64. The molecule has 2 nitrogen and oxygen atoms in total. The average Bonchev–Trinajstić information content (AvgIpc) is 2.15. The van der Waals surface area contributed by atoms with E-state index in [-0.39, 0.29) is 12.2 Å². The number of rotatable bonds is 4. The number of aliphatic hydroxyl groups is 1. The SMILES string of the molecule is CC(C)OCC(O)C1=CCCCC1. The second-order valence-corrected chi connectivity index (χ2v) is 3.92. The zero-order chi connectivity index (χ0) is 9.68. The van der Waals surface area contributed by atoms with E-state index in [1.165, 1.54) is 18.4 Å². The van der Waals surface area contributed by atoms with Gasteiger partial charge < -0.3 is 9.84 Å². The monoisotopic (exact) mass is 184 g/mol. The smallest absolute Gasteiger partial charge is 0.0983 e. The molecule has 1 aliphatic carbocycles. The highest BCUT2D eigenvalue weighted by Crippen LogP contribution is 2.20. The minimum absolute atomic E-state index is 0.207. The molecular weight excluding hydrogens is 164 g/mol. The Bertz CT molecular complexity index is 173. The molecule has 0 radical (unpaired) electrons. The second-order valence-electron chi connectivity index (χ2n) is 3.92. The summed E-state index contributed by atoms with van der Waals surface area (Å²) in [5.41, 5.74) is 1.17. The molecule has 0 bridgehead atoms. The number of hydrogen-bond donors (Lipinski definition) is 1. The van der Waals surface area contributed by atoms with Crippen LogP contribution < -0.4 is 0 Å². The topological polar surface area (TPSA) is 29.5 Å². The van der Waals surface area contributed by atoms with Gasteiger partial charge in [-0.1, -0.05) is 6.08 Å². The molecule has 1 unspecified atom stereocenters. The molecular formula is C11H20O2. The number of hydrogen-bond acceptors (Lipinski definition) is 2. The Morgan fingerprint density at radius 1 is 1.46 bits per heavy atom. The zero-order valence-corrected chi connectivity index (χ0v) is 8.62. The Morgan fingerprint density at radius 3 is 2.77 bits per heavy atom. The van der Waals surface area contributed by atoms with Crippen molar-refractivity contribution in [2.45, 2.75) is 51.7 Å². The van der Waals surface area contributed by atoms with E-state index < -0.39 is 0 Å². The van der Waals surface area contributed by atoms with Gasteiger partial charge in [0.25, 0.3) is 0 Å². The summed E-state index contributed by atoms with van der Waals surface area (Å²) >= 11 is 0. The minimum Gasteiger partial charge on any atom is -0.386 e. The summed E-state index contributed by atoms with van der Waals surface area (Å²) in [6.45, 7) is 4.42. The van der Waals surface area contributed by atoms with Crippen LogP contribution in [0.3, 0.4) is 0 Å². The van der Waals surface area contributed by atoms with Gasteiger partial charge in [-0.05, 0) is 45.1 Å². The van der Waals surface area contributed by atoms with Gasteiger partial charge in [0.1, 0.15) is 0 Å². The first kappa shape index (κ1) is 10.7. The Kier molecular flexibility index (Phi) is 4.46. The fourth-order valence-corrected chi connectivity index (χ4v) is 1.56. The minimum atomic E-state index is -0.373. The van der Waals surface area contributed by atoms with Crippen LogP contribution in [0, 0.1) is 0 Å². The third-order valence-corrected chi connectivity index (χ3v) is 2.34. The lowest BCUT2D eigenvalue weighted by molar-refractivity contribution is 0.0182. The zero-order valence-electron chi connectivity index (χ0n) is 8.62. The summed E-state index contributed by atoms with van der Waals surface area (Å²) < 4.78 is 5.37. The standard InChI is InChI=1S/C11H20O2/c1-9(2)13-8-11(12)10-6-4-3-5-7-10/h6,9,11-12H,3-5,7-8H2,1-2H3.